The SMILES string of the molecule is COc1ccc(C(=O)O)cc1CSCC(O)CO. The maximum absolute atomic E-state index is 10.9. The fourth-order valence-electron chi connectivity index (χ4n) is 1.38. The van der Waals surface area contributed by atoms with Crippen LogP contribution in [0.1, 0.15) is 15.9 Å². The molecule has 1 unspecified atom stereocenters. The van der Waals surface area contributed by atoms with Crippen molar-refractivity contribution >= 4 is 17.7 Å². The Hall–Kier alpha value is -1.24. The lowest BCUT2D eigenvalue weighted by Gasteiger charge is -2.10. The molecule has 0 aliphatic carbocycles. The number of carboxylic acids is 1. The van der Waals surface area contributed by atoms with Gasteiger partial charge in [-0.1, -0.05) is 0 Å². The molecule has 0 bridgehead atoms. The molecule has 18 heavy (non-hydrogen) atoms. The first-order valence-electron chi connectivity index (χ1n) is 5.35. The summed E-state index contributed by atoms with van der Waals surface area (Å²) in [6.07, 6.45) is -0.761. The zero-order chi connectivity index (χ0) is 13.5. The summed E-state index contributed by atoms with van der Waals surface area (Å²) in [5.74, 6) is 0.531. The van der Waals surface area contributed by atoms with E-state index in [4.69, 9.17) is 14.9 Å². The van der Waals surface area contributed by atoms with Gasteiger partial charge in [0, 0.05) is 17.1 Å². The molecule has 0 saturated heterocycles. The molecule has 1 rings (SSSR count). The summed E-state index contributed by atoms with van der Waals surface area (Å²) in [5, 5.41) is 26.8. The van der Waals surface area contributed by atoms with Crippen LogP contribution in [-0.4, -0.2) is 46.9 Å². The largest absolute Gasteiger partial charge is 0.496 e. The molecule has 5 nitrogen and oxygen atoms in total. The van der Waals surface area contributed by atoms with Gasteiger partial charge in [-0.15, -0.1) is 0 Å². The number of ether oxygens (including phenoxy) is 1. The quantitative estimate of drug-likeness (QED) is 0.686. The number of methoxy groups -OCH3 is 1. The van der Waals surface area contributed by atoms with E-state index >= 15 is 0 Å². The molecule has 1 aromatic carbocycles. The van der Waals surface area contributed by atoms with Crippen LogP contribution >= 0.6 is 11.8 Å². The van der Waals surface area contributed by atoms with Gasteiger partial charge in [-0.2, -0.15) is 11.8 Å². The number of carbonyl (C=O) groups is 1. The first-order valence-corrected chi connectivity index (χ1v) is 6.50. The maximum atomic E-state index is 10.9. The first-order chi connectivity index (χ1) is 8.58. The highest BCUT2D eigenvalue weighted by molar-refractivity contribution is 7.98. The van der Waals surface area contributed by atoms with Crippen molar-refractivity contribution in [1.82, 2.24) is 0 Å². The molecule has 0 aliphatic rings. The number of aliphatic hydroxyl groups is 2. The van der Waals surface area contributed by atoms with Crippen LogP contribution < -0.4 is 4.74 Å². The Balaban J connectivity index is 2.72. The zero-order valence-electron chi connectivity index (χ0n) is 10.00. The highest BCUT2D eigenvalue weighted by Crippen LogP contribution is 2.25. The van der Waals surface area contributed by atoms with E-state index in [0.29, 0.717) is 17.3 Å². The van der Waals surface area contributed by atoms with Crippen LogP contribution in [0.25, 0.3) is 0 Å². The monoisotopic (exact) mass is 272 g/mol. The molecule has 0 aliphatic heterocycles. The lowest BCUT2D eigenvalue weighted by Crippen LogP contribution is -2.14. The van der Waals surface area contributed by atoms with Gasteiger partial charge in [0.15, 0.2) is 0 Å². The summed E-state index contributed by atoms with van der Waals surface area (Å²) in [6, 6.07) is 4.65. The maximum Gasteiger partial charge on any atom is 0.335 e. The summed E-state index contributed by atoms with van der Waals surface area (Å²) in [7, 11) is 1.52. The van der Waals surface area contributed by atoms with Gasteiger partial charge in [0.05, 0.1) is 25.4 Å². The molecule has 0 heterocycles. The summed E-state index contributed by atoms with van der Waals surface area (Å²) in [5.41, 5.74) is 0.960. The summed E-state index contributed by atoms with van der Waals surface area (Å²) in [6.45, 7) is -0.278. The fourth-order valence-corrected chi connectivity index (χ4v) is 2.32. The topological polar surface area (TPSA) is 87.0 Å². The molecule has 100 valence electrons. The van der Waals surface area contributed by atoms with Crippen molar-refractivity contribution in [2.24, 2.45) is 0 Å². The molecule has 0 amide bonds. The second-order valence-corrected chi connectivity index (χ2v) is 4.71. The van der Waals surface area contributed by atoms with Crippen molar-refractivity contribution in [3.05, 3.63) is 29.3 Å². The van der Waals surface area contributed by atoms with Crippen LogP contribution in [0.3, 0.4) is 0 Å². The van der Waals surface area contributed by atoms with E-state index in [1.807, 2.05) is 0 Å². The van der Waals surface area contributed by atoms with Crippen molar-refractivity contribution < 1.29 is 24.9 Å². The Morgan fingerprint density at radius 3 is 2.78 bits per heavy atom. The van der Waals surface area contributed by atoms with Gasteiger partial charge in [0.2, 0.25) is 0 Å². The molecular weight excluding hydrogens is 256 g/mol. The number of benzene rings is 1. The number of thioether (sulfide) groups is 1. The van der Waals surface area contributed by atoms with E-state index in [2.05, 4.69) is 0 Å². The fraction of sp³-hybridized carbons (Fsp3) is 0.417. The van der Waals surface area contributed by atoms with Crippen molar-refractivity contribution in [3.63, 3.8) is 0 Å². The van der Waals surface area contributed by atoms with Crippen molar-refractivity contribution in [1.29, 1.82) is 0 Å². The minimum Gasteiger partial charge on any atom is -0.496 e. The van der Waals surface area contributed by atoms with Crippen molar-refractivity contribution in [2.45, 2.75) is 11.9 Å². The standard InChI is InChI=1S/C12H16O5S/c1-17-11-3-2-8(12(15)16)4-9(11)6-18-7-10(14)5-13/h2-4,10,13-14H,5-7H2,1H3,(H,15,16). The van der Waals surface area contributed by atoms with Gasteiger partial charge in [-0.05, 0) is 18.2 Å². The predicted molar refractivity (Wildman–Crippen MR) is 69.2 cm³/mol. The molecule has 0 fully saturated rings. The van der Waals surface area contributed by atoms with Crippen LogP contribution in [0.4, 0.5) is 0 Å². The van der Waals surface area contributed by atoms with Gasteiger partial charge >= 0.3 is 5.97 Å². The number of carboxylic acid groups (broad SMARTS) is 1. The number of hydrogen-bond donors (Lipinski definition) is 3. The van der Waals surface area contributed by atoms with E-state index in [9.17, 15) is 9.90 Å². The molecule has 6 heteroatoms. The molecule has 0 spiro atoms. The first kappa shape index (κ1) is 14.8. The van der Waals surface area contributed by atoms with Crippen molar-refractivity contribution in [3.8, 4) is 5.75 Å². The smallest absolute Gasteiger partial charge is 0.335 e. The van der Waals surface area contributed by atoms with Gasteiger partial charge in [-0.3, -0.25) is 0 Å². The van der Waals surface area contributed by atoms with Crippen molar-refractivity contribution in [2.75, 3.05) is 19.5 Å². The van der Waals surface area contributed by atoms with E-state index < -0.39 is 12.1 Å². The lowest BCUT2D eigenvalue weighted by molar-refractivity contribution is 0.0696. The molecule has 1 atom stereocenters. The average molecular weight is 272 g/mol. The third kappa shape index (κ3) is 4.21. The van der Waals surface area contributed by atoms with Crippen LogP contribution in [0, 0.1) is 0 Å². The van der Waals surface area contributed by atoms with Gasteiger partial charge in [-0.25, -0.2) is 4.79 Å². The lowest BCUT2D eigenvalue weighted by atomic mass is 10.1. The summed E-state index contributed by atoms with van der Waals surface area (Å²) < 4.78 is 5.15. The molecule has 0 saturated carbocycles. The number of rotatable bonds is 7. The zero-order valence-corrected chi connectivity index (χ0v) is 10.8. The minimum absolute atomic E-state index is 0.203. The molecule has 3 N–H and O–H groups in total. The summed E-state index contributed by atoms with van der Waals surface area (Å²) >= 11 is 1.41. The Labute approximate surface area is 109 Å². The number of hydrogen-bond acceptors (Lipinski definition) is 5. The number of aromatic carboxylic acids is 1. The van der Waals surface area contributed by atoms with E-state index in [-0.39, 0.29) is 12.2 Å². The van der Waals surface area contributed by atoms with Gasteiger partial charge < -0.3 is 20.1 Å². The molecule has 1 aromatic rings. The van der Waals surface area contributed by atoms with E-state index in [0.717, 1.165) is 5.56 Å². The third-order valence-corrected chi connectivity index (χ3v) is 3.44. The molecule has 0 radical (unpaired) electrons. The van der Waals surface area contributed by atoms with Crippen LogP contribution in [0.2, 0.25) is 0 Å². The predicted octanol–water partition coefficient (Wildman–Crippen LogP) is 0.980. The molecular formula is C12H16O5S. The van der Waals surface area contributed by atoms with Gasteiger partial charge in [0.25, 0.3) is 0 Å². The highest BCUT2D eigenvalue weighted by atomic mass is 32.2. The Kier molecular flexibility index (Phi) is 5.97. The number of aliphatic hydroxyl groups excluding tert-OH is 2. The van der Waals surface area contributed by atoms with Crippen LogP contribution in [0.15, 0.2) is 18.2 Å². The second-order valence-electron chi connectivity index (χ2n) is 3.68. The second kappa shape index (κ2) is 7.25. The Morgan fingerprint density at radius 1 is 1.50 bits per heavy atom. The molecule has 0 aromatic heterocycles. The summed E-state index contributed by atoms with van der Waals surface area (Å²) in [4.78, 5) is 10.9. The van der Waals surface area contributed by atoms with E-state index in [1.165, 1.54) is 24.9 Å². The van der Waals surface area contributed by atoms with E-state index in [1.54, 1.807) is 12.1 Å². The average Bonchev–Trinajstić information content (AvgIpc) is 2.38. The normalized spacial score (nSPS) is 12.2. The third-order valence-electron chi connectivity index (χ3n) is 2.31. The Morgan fingerprint density at radius 2 is 2.22 bits per heavy atom. The van der Waals surface area contributed by atoms with Crippen LogP contribution in [-0.2, 0) is 5.75 Å². The van der Waals surface area contributed by atoms with Gasteiger partial charge in [0.1, 0.15) is 5.75 Å². The van der Waals surface area contributed by atoms with Crippen LogP contribution in [0.5, 0.6) is 5.75 Å². The minimum atomic E-state index is -0.987. The Bertz CT molecular complexity index is 407. The highest BCUT2D eigenvalue weighted by Gasteiger charge is 2.10.